The first kappa shape index (κ1) is 28.5. The van der Waals surface area contributed by atoms with Gasteiger partial charge in [0.15, 0.2) is 5.78 Å². The number of ether oxygens (including phenoxy) is 2. The molecule has 0 radical (unpaired) electrons. The average Bonchev–Trinajstić information content (AvgIpc) is 3.14. The van der Waals surface area contributed by atoms with Gasteiger partial charge in [-0.25, -0.2) is 4.79 Å². The fraction of sp³-hybridized carbons (Fsp3) is 0.393. The SMILES string of the molecule is CC(C)COC1=C(C(C)C)C(=O)C(Cc2cccc(CC(NC(=O)Oc3ccc(Cl)cc3)=S(=O)=O)c2)C1. The van der Waals surface area contributed by atoms with Crippen molar-refractivity contribution < 1.29 is 27.5 Å². The lowest BCUT2D eigenvalue weighted by Gasteiger charge is -2.13. The van der Waals surface area contributed by atoms with E-state index in [2.05, 4.69) is 19.2 Å². The monoisotopic (exact) mass is 545 g/mol. The van der Waals surface area contributed by atoms with Gasteiger partial charge >= 0.3 is 6.09 Å². The van der Waals surface area contributed by atoms with Crippen LogP contribution in [-0.4, -0.2) is 31.9 Å². The van der Waals surface area contributed by atoms with Crippen LogP contribution in [0.2, 0.25) is 5.02 Å². The van der Waals surface area contributed by atoms with Gasteiger partial charge < -0.3 is 9.47 Å². The van der Waals surface area contributed by atoms with Crippen molar-refractivity contribution in [3.8, 4) is 5.75 Å². The predicted molar refractivity (Wildman–Crippen MR) is 144 cm³/mol. The molecule has 1 amide bonds. The largest absolute Gasteiger partial charge is 0.497 e. The zero-order chi connectivity index (χ0) is 27.1. The maximum atomic E-state index is 13.2. The molecule has 0 aliphatic heterocycles. The number of ketones is 1. The van der Waals surface area contributed by atoms with E-state index in [4.69, 9.17) is 21.1 Å². The highest BCUT2D eigenvalue weighted by Gasteiger charge is 2.35. The fourth-order valence-electron chi connectivity index (χ4n) is 4.19. The zero-order valence-corrected chi connectivity index (χ0v) is 23.0. The summed E-state index contributed by atoms with van der Waals surface area (Å²) in [7, 11) is -2.67. The first-order chi connectivity index (χ1) is 17.5. The summed E-state index contributed by atoms with van der Waals surface area (Å²) < 4.78 is 34.7. The van der Waals surface area contributed by atoms with E-state index in [0.29, 0.717) is 36.0 Å². The van der Waals surface area contributed by atoms with Crippen molar-refractivity contribution in [1.29, 1.82) is 0 Å². The molecule has 1 aliphatic rings. The Morgan fingerprint density at radius 1 is 1.08 bits per heavy atom. The Hall–Kier alpha value is -3.10. The van der Waals surface area contributed by atoms with E-state index in [1.54, 1.807) is 18.2 Å². The Balaban J connectivity index is 1.67. The van der Waals surface area contributed by atoms with E-state index in [9.17, 15) is 18.0 Å². The Bertz CT molecular complexity index is 1300. The standard InChI is InChI=1S/C28H32ClNO6S/c1-17(2)16-35-24-15-21(27(31)26(24)18(3)4)13-19-6-5-7-20(12-19)14-25(37(33)34)30-28(32)36-23-10-8-22(29)9-11-23/h5-12,17-18,21H,13-16H2,1-4H3,(H,30,32). The molecule has 2 aromatic rings. The third-order valence-corrected chi connectivity index (χ3v) is 6.74. The highest BCUT2D eigenvalue weighted by Crippen LogP contribution is 2.35. The number of hydrogen-bond donors (Lipinski definition) is 1. The number of amides is 1. The van der Waals surface area contributed by atoms with E-state index in [1.165, 1.54) is 12.1 Å². The molecule has 2 aromatic carbocycles. The van der Waals surface area contributed by atoms with Gasteiger partial charge in [-0.15, -0.1) is 0 Å². The van der Waals surface area contributed by atoms with Crippen molar-refractivity contribution in [3.05, 3.63) is 76.0 Å². The second-order valence-electron chi connectivity index (χ2n) is 9.79. The molecule has 0 saturated carbocycles. The lowest BCUT2D eigenvalue weighted by Crippen LogP contribution is -2.34. The third kappa shape index (κ3) is 8.20. The molecule has 198 valence electrons. The van der Waals surface area contributed by atoms with Crippen LogP contribution in [0.5, 0.6) is 5.75 Å². The number of carbonyl (C=O) groups is 2. The molecule has 3 rings (SSSR count). The van der Waals surface area contributed by atoms with Gasteiger partial charge in [0, 0.05) is 29.4 Å². The number of carbonyl (C=O) groups excluding carboxylic acids is 2. The second-order valence-corrected chi connectivity index (χ2v) is 11.2. The normalized spacial score (nSPS) is 15.3. The molecular formula is C28H32ClNO6S. The van der Waals surface area contributed by atoms with E-state index < -0.39 is 16.4 Å². The van der Waals surface area contributed by atoms with Crippen LogP contribution in [0, 0.1) is 17.8 Å². The predicted octanol–water partition coefficient (Wildman–Crippen LogP) is 5.39. The number of Topliss-reactive ketones (excluding diaryl/α,β-unsaturated/α-hetero) is 1. The minimum Gasteiger partial charge on any atom is -0.497 e. The van der Waals surface area contributed by atoms with Crippen LogP contribution in [0.1, 0.15) is 45.2 Å². The topological polar surface area (TPSA) is 98.8 Å². The Morgan fingerprint density at radius 3 is 2.38 bits per heavy atom. The molecule has 1 unspecified atom stereocenters. The van der Waals surface area contributed by atoms with Gasteiger partial charge in [0.1, 0.15) is 16.5 Å². The van der Waals surface area contributed by atoms with Gasteiger partial charge in [-0.2, -0.15) is 8.42 Å². The molecule has 0 heterocycles. The first-order valence-electron chi connectivity index (χ1n) is 12.2. The van der Waals surface area contributed by atoms with Gasteiger partial charge in [-0.3, -0.25) is 10.1 Å². The molecule has 7 nitrogen and oxygen atoms in total. The number of rotatable bonds is 9. The van der Waals surface area contributed by atoms with Crippen molar-refractivity contribution in [2.75, 3.05) is 6.61 Å². The molecular weight excluding hydrogens is 514 g/mol. The average molecular weight is 546 g/mol. The van der Waals surface area contributed by atoms with E-state index in [-0.39, 0.29) is 34.8 Å². The van der Waals surface area contributed by atoms with Gasteiger partial charge in [0.25, 0.3) is 0 Å². The van der Waals surface area contributed by atoms with Gasteiger partial charge in [0.2, 0.25) is 10.3 Å². The minimum absolute atomic E-state index is 0.0312. The van der Waals surface area contributed by atoms with Crippen LogP contribution in [0.3, 0.4) is 0 Å². The van der Waals surface area contributed by atoms with Crippen LogP contribution < -0.4 is 10.1 Å². The first-order valence-corrected chi connectivity index (χ1v) is 13.7. The van der Waals surface area contributed by atoms with Crippen LogP contribution in [0.15, 0.2) is 59.9 Å². The number of halogens is 1. The van der Waals surface area contributed by atoms with Crippen LogP contribution in [0.25, 0.3) is 0 Å². The fourth-order valence-corrected chi connectivity index (χ4v) is 4.77. The van der Waals surface area contributed by atoms with E-state index in [0.717, 1.165) is 16.9 Å². The van der Waals surface area contributed by atoms with E-state index >= 15 is 0 Å². The van der Waals surface area contributed by atoms with Crippen LogP contribution in [0.4, 0.5) is 4.79 Å². The lowest BCUT2D eigenvalue weighted by molar-refractivity contribution is -0.118. The lowest BCUT2D eigenvalue weighted by atomic mass is 9.91. The molecule has 0 saturated heterocycles. The van der Waals surface area contributed by atoms with Crippen molar-refractivity contribution >= 4 is 38.8 Å². The molecule has 0 bridgehead atoms. The number of nitrogens with one attached hydrogen (secondary N) is 1. The second kappa shape index (κ2) is 12.9. The number of benzene rings is 2. The molecule has 9 heteroatoms. The molecule has 1 aliphatic carbocycles. The number of hydrogen-bond acceptors (Lipinski definition) is 6. The van der Waals surface area contributed by atoms with Gasteiger partial charge in [0.05, 0.1) is 6.61 Å². The maximum Gasteiger partial charge on any atom is 0.417 e. The van der Waals surface area contributed by atoms with Crippen molar-refractivity contribution in [3.63, 3.8) is 0 Å². The summed E-state index contributed by atoms with van der Waals surface area (Å²) in [5.74, 6) is 1.34. The summed E-state index contributed by atoms with van der Waals surface area (Å²) in [4.78, 5) is 25.2. The smallest absolute Gasteiger partial charge is 0.417 e. The third-order valence-electron chi connectivity index (χ3n) is 5.84. The molecule has 0 spiro atoms. The van der Waals surface area contributed by atoms with Crippen LogP contribution >= 0.6 is 11.6 Å². The highest BCUT2D eigenvalue weighted by atomic mass is 35.5. The summed E-state index contributed by atoms with van der Waals surface area (Å²) in [5, 5.41) is 2.79. The Labute approximate surface area is 224 Å². The summed E-state index contributed by atoms with van der Waals surface area (Å²) in [6.07, 6.45) is 0.120. The molecule has 37 heavy (non-hydrogen) atoms. The highest BCUT2D eigenvalue weighted by molar-refractivity contribution is 7.72. The summed E-state index contributed by atoms with van der Waals surface area (Å²) in [5.41, 5.74) is 2.36. The molecule has 0 fully saturated rings. The summed E-state index contributed by atoms with van der Waals surface area (Å²) in [6, 6.07) is 13.5. The minimum atomic E-state index is -2.67. The van der Waals surface area contributed by atoms with Gasteiger partial charge in [-0.05, 0) is 53.6 Å². The summed E-state index contributed by atoms with van der Waals surface area (Å²) >= 11 is 5.82. The van der Waals surface area contributed by atoms with E-state index in [1.807, 2.05) is 32.0 Å². The van der Waals surface area contributed by atoms with Crippen molar-refractivity contribution in [2.24, 2.45) is 17.8 Å². The van der Waals surface area contributed by atoms with Crippen molar-refractivity contribution in [2.45, 2.75) is 47.0 Å². The zero-order valence-electron chi connectivity index (χ0n) is 21.4. The molecule has 1 atom stereocenters. The van der Waals surface area contributed by atoms with Gasteiger partial charge in [-0.1, -0.05) is 63.6 Å². The Kier molecular flexibility index (Phi) is 9.94. The van der Waals surface area contributed by atoms with Crippen molar-refractivity contribution in [1.82, 2.24) is 5.32 Å². The summed E-state index contributed by atoms with van der Waals surface area (Å²) in [6.45, 7) is 8.71. The van der Waals surface area contributed by atoms with Crippen LogP contribution in [-0.2, 0) is 32.7 Å². The molecule has 0 aromatic heterocycles. The molecule has 1 N–H and O–H groups in total. The quantitative estimate of drug-likeness (QED) is 0.424. The maximum absolute atomic E-state index is 13.2. The number of allylic oxidation sites excluding steroid dienone is 2. The Morgan fingerprint density at radius 2 is 1.76 bits per heavy atom.